The minimum Gasteiger partial charge on any atom is -0.491 e. The molecule has 1 unspecified atom stereocenters. The Kier molecular flexibility index (Phi) is 9.44. The summed E-state index contributed by atoms with van der Waals surface area (Å²) in [6, 6.07) is 27.4. The van der Waals surface area contributed by atoms with E-state index in [0.717, 1.165) is 11.1 Å². The van der Waals surface area contributed by atoms with Crippen LogP contribution in [0.15, 0.2) is 84.9 Å². The lowest BCUT2D eigenvalue weighted by Crippen LogP contribution is -2.39. The lowest BCUT2D eigenvalue weighted by Gasteiger charge is -2.34. The second-order valence-electron chi connectivity index (χ2n) is 7.97. The van der Waals surface area contributed by atoms with E-state index < -0.39 is 6.10 Å². The Morgan fingerprint density at radius 1 is 0.939 bits per heavy atom. The first-order chi connectivity index (χ1) is 16.1. The maximum atomic E-state index is 11.2. The molecule has 1 atom stereocenters. The summed E-state index contributed by atoms with van der Waals surface area (Å²) in [5.74, 6) is 0.487. The number of nitrogens with zero attached hydrogens (tertiary/aromatic N) is 1. The summed E-state index contributed by atoms with van der Waals surface area (Å²) in [4.78, 5) is 13.3. The number of benzene rings is 3. The first kappa shape index (κ1) is 24.5. The van der Waals surface area contributed by atoms with Crippen molar-refractivity contribution in [2.75, 3.05) is 31.6 Å². The Labute approximate surface area is 195 Å². The van der Waals surface area contributed by atoms with Gasteiger partial charge in [0.2, 0.25) is 5.91 Å². The van der Waals surface area contributed by atoms with Crippen LogP contribution in [-0.2, 0) is 4.79 Å². The molecule has 0 fully saturated rings. The number of carbonyl (C=O) groups excluding carboxylic acids is 1. The van der Waals surface area contributed by atoms with Crippen molar-refractivity contribution in [3.8, 4) is 5.75 Å². The predicted octanol–water partition coefficient (Wildman–Crippen LogP) is 3.86. The molecule has 3 N–H and O–H groups in total. The van der Waals surface area contributed by atoms with Crippen molar-refractivity contribution in [2.45, 2.75) is 25.5 Å². The molecule has 3 rings (SSSR count). The molecule has 33 heavy (non-hydrogen) atoms. The molecule has 0 heterocycles. The summed E-state index contributed by atoms with van der Waals surface area (Å²) < 4.78 is 5.79. The molecule has 1 amide bonds. The fourth-order valence-electron chi connectivity index (χ4n) is 3.84. The first-order valence-corrected chi connectivity index (χ1v) is 11.2. The summed E-state index contributed by atoms with van der Waals surface area (Å²) in [6.07, 6.45) is -0.123. The van der Waals surface area contributed by atoms with Gasteiger partial charge >= 0.3 is 0 Å². The average molecular weight is 449 g/mol. The summed E-state index contributed by atoms with van der Waals surface area (Å²) in [7, 11) is 0. The van der Waals surface area contributed by atoms with Crippen molar-refractivity contribution in [2.24, 2.45) is 0 Å². The van der Waals surface area contributed by atoms with E-state index in [1.807, 2.05) is 36.4 Å². The number of amides is 1. The van der Waals surface area contributed by atoms with Gasteiger partial charge in [0.15, 0.2) is 0 Å². The van der Waals surface area contributed by atoms with Gasteiger partial charge in [0.25, 0.3) is 0 Å². The van der Waals surface area contributed by atoms with Gasteiger partial charge in [-0.2, -0.15) is 0 Å². The van der Waals surface area contributed by atoms with Crippen LogP contribution in [0.25, 0.3) is 0 Å². The lowest BCUT2D eigenvalue weighted by atomic mass is 9.96. The van der Waals surface area contributed by atoms with Crippen molar-refractivity contribution < 1.29 is 19.7 Å². The van der Waals surface area contributed by atoms with Gasteiger partial charge in [-0.1, -0.05) is 60.7 Å². The number of ether oxygens (including phenoxy) is 1. The molecule has 6 heteroatoms. The van der Waals surface area contributed by atoms with E-state index in [1.54, 1.807) is 24.3 Å². The number of anilines is 1. The quantitative estimate of drug-likeness (QED) is 0.392. The van der Waals surface area contributed by atoms with Crippen molar-refractivity contribution in [3.63, 3.8) is 0 Å². The Morgan fingerprint density at radius 3 is 2.03 bits per heavy atom. The smallest absolute Gasteiger partial charge is 0.221 e. The Morgan fingerprint density at radius 2 is 1.52 bits per heavy atom. The SMILES string of the molecule is CC(=O)Nc1ccc(OCC(O)CN(CCCO)C(c2ccccc2)c2ccccc2)cc1. The van der Waals surface area contributed by atoms with Gasteiger partial charge in [-0.25, -0.2) is 0 Å². The Bertz CT molecular complexity index is 925. The number of aliphatic hydroxyl groups excluding tert-OH is 2. The normalized spacial score (nSPS) is 12.0. The zero-order valence-electron chi connectivity index (χ0n) is 18.9. The zero-order valence-corrected chi connectivity index (χ0v) is 18.9. The number of carbonyl (C=O) groups is 1. The summed E-state index contributed by atoms with van der Waals surface area (Å²) in [6.45, 7) is 2.69. The van der Waals surface area contributed by atoms with E-state index in [0.29, 0.717) is 30.9 Å². The number of hydrogen-bond acceptors (Lipinski definition) is 5. The van der Waals surface area contributed by atoms with Gasteiger partial charge in [-0.3, -0.25) is 9.69 Å². The third-order valence-electron chi connectivity index (χ3n) is 5.26. The molecule has 6 nitrogen and oxygen atoms in total. The first-order valence-electron chi connectivity index (χ1n) is 11.2. The van der Waals surface area contributed by atoms with Gasteiger partial charge in [0.1, 0.15) is 18.5 Å². The van der Waals surface area contributed by atoms with Crippen LogP contribution in [0.2, 0.25) is 0 Å². The van der Waals surface area contributed by atoms with Crippen LogP contribution in [0.1, 0.15) is 30.5 Å². The van der Waals surface area contributed by atoms with Crippen molar-refractivity contribution in [3.05, 3.63) is 96.1 Å². The molecular formula is C27H32N2O4. The van der Waals surface area contributed by atoms with Crippen LogP contribution >= 0.6 is 0 Å². The Hall–Kier alpha value is -3.19. The van der Waals surface area contributed by atoms with E-state index >= 15 is 0 Å². The minimum absolute atomic E-state index is 0.0504. The molecular weight excluding hydrogens is 416 g/mol. The molecule has 3 aromatic carbocycles. The molecule has 0 aliphatic carbocycles. The molecule has 0 saturated carbocycles. The highest BCUT2D eigenvalue weighted by atomic mass is 16.5. The van der Waals surface area contributed by atoms with Crippen LogP contribution < -0.4 is 10.1 Å². The number of hydrogen-bond donors (Lipinski definition) is 3. The van der Waals surface area contributed by atoms with E-state index in [4.69, 9.17) is 4.74 Å². The van der Waals surface area contributed by atoms with E-state index in [1.165, 1.54) is 6.92 Å². The number of aliphatic hydroxyl groups is 2. The van der Waals surface area contributed by atoms with Crippen molar-refractivity contribution >= 4 is 11.6 Å². The fourth-order valence-corrected chi connectivity index (χ4v) is 3.84. The van der Waals surface area contributed by atoms with Gasteiger partial charge in [0, 0.05) is 32.3 Å². The van der Waals surface area contributed by atoms with Crippen LogP contribution in [0, 0.1) is 0 Å². The highest BCUT2D eigenvalue weighted by Crippen LogP contribution is 2.29. The van der Waals surface area contributed by atoms with Crippen LogP contribution in [0.5, 0.6) is 5.75 Å². The molecule has 0 saturated heterocycles. The summed E-state index contributed by atoms with van der Waals surface area (Å²) >= 11 is 0. The van der Waals surface area contributed by atoms with Crippen LogP contribution in [0.4, 0.5) is 5.69 Å². The predicted molar refractivity (Wildman–Crippen MR) is 130 cm³/mol. The van der Waals surface area contributed by atoms with E-state index in [-0.39, 0.29) is 25.2 Å². The van der Waals surface area contributed by atoms with Crippen molar-refractivity contribution in [1.82, 2.24) is 4.90 Å². The second-order valence-corrected chi connectivity index (χ2v) is 7.97. The minimum atomic E-state index is -0.728. The monoisotopic (exact) mass is 448 g/mol. The molecule has 0 aliphatic heterocycles. The standard InChI is InChI=1S/C27H32N2O4/c1-21(31)28-24-13-15-26(16-14-24)33-20-25(32)19-29(17-8-18-30)27(22-9-4-2-5-10-22)23-11-6-3-7-12-23/h2-7,9-16,25,27,30,32H,8,17-20H2,1H3,(H,28,31). The van der Waals surface area contributed by atoms with E-state index in [2.05, 4.69) is 34.5 Å². The maximum Gasteiger partial charge on any atom is 0.221 e. The van der Waals surface area contributed by atoms with Gasteiger partial charge in [-0.15, -0.1) is 0 Å². The van der Waals surface area contributed by atoms with Crippen LogP contribution in [0.3, 0.4) is 0 Å². The van der Waals surface area contributed by atoms with Crippen LogP contribution in [-0.4, -0.2) is 53.4 Å². The maximum absolute atomic E-state index is 11.2. The summed E-state index contributed by atoms with van der Waals surface area (Å²) in [5, 5.41) is 23.0. The third kappa shape index (κ3) is 7.71. The molecule has 0 spiro atoms. The molecule has 0 aromatic heterocycles. The second kappa shape index (κ2) is 12.7. The highest BCUT2D eigenvalue weighted by molar-refractivity contribution is 5.88. The molecule has 174 valence electrons. The molecule has 0 radical (unpaired) electrons. The molecule has 3 aromatic rings. The van der Waals surface area contributed by atoms with Crippen molar-refractivity contribution in [1.29, 1.82) is 0 Å². The largest absolute Gasteiger partial charge is 0.491 e. The van der Waals surface area contributed by atoms with E-state index in [9.17, 15) is 15.0 Å². The number of nitrogens with one attached hydrogen (secondary N) is 1. The lowest BCUT2D eigenvalue weighted by molar-refractivity contribution is -0.114. The average Bonchev–Trinajstić information content (AvgIpc) is 2.83. The summed E-state index contributed by atoms with van der Waals surface area (Å²) in [5.41, 5.74) is 2.95. The molecule has 0 bridgehead atoms. The Balaban J connectivity index is 1.71. The van der Waals surface area contributed by atoms with Gasteiger partial charge < -0.3 is 20.3 Å². The highest BCUT2D eigenvalue weighted by Gasteiger charge is 2.24. The molecule has 0 aliphatic rings. The third-order valence-corrected chi connectivity index (χ3v) is 5.26. The zero-order chi connectivity index (χ0) is 23.5. The van der Waals surface area contributed by atoms with Gasteiger partial charge in [0.05, 0.1) is 6.04 Å². The topological polar surface area (TPSA) is 82.0 Å². The van der Waals surface area contributed by atoms with Gasteiger partial charge in [-0.05, 0) is 41.8 Å². The fraction of sp³-hybridized carbons (Fsp3) is 0.296. The number of rotatable bonds is 12.